The van der Waals surface area contributed by atoms with E-state index in [1.54, 1.807) is 12.3 Å². The molecule has 5 heteroatoms. The normalized spacial score (nSPS) is 20.2. The first kappa shape index (κ1) is 13.5. The van der Waals surface area contributed by atoms with Gasteiger partial charge in [-0.15, -0.1) is 0 Å². The first-order chi connectivity index (χ1) is 8.68. The van der Waals surface area contributed by atoms with E-state index in [1.165, 1.54) is 0 Å². The third-order valence-corrected chi connectivity index (χ3v) is 3.86. The summed E-state index contributed by atoms with van der Waals surface area (Å²) in [6, 6.07) is 3.94. The summed E-state index contributed by atoms with van der Waals surface area (Å²) in [5.41, 5.74) is 0.651. The molecule has 1 aliphatic rings. The molecule has 0 aliphatic carbocycles. The van der Waals surface area contributed by atoms with Crippen molar-refractivity contribution in [2.24, 2.45) is 0 Å². The maximum absolute atomic E-state index is 12.3. The Bertz CT molecular complexity index is 399. The molecule has 2 rings (SSSR count). The molecular weight excluding hydrogens is 294 g/mol. The fraction of sp³-hybridized carbons (Fsp3) is 0.538. The van der Waals surface area contributed by atoms with Crippen molar-refractivity contribution in [3.63, 3.8) is 0 Å². The van der Waals surface area contributed by atoms with Crippen LogP contribution in [0.4, 0.5) is 0 Å². The van der Waals surface area contributed by atoms with Gasteiger partial charge in [-0.3, -0.25) is 4.79 Å². The molecule has 0 saturated carbocycles. The molecule has 1 aromatic rings. The lowest BCUT2D eigenvalue weighted by Gasteiger charge is -2.27. The molecular formula is C13H18BrN3O. The second-order valence-corrected chi connectivity index (χ2v) is 5.43. The smallest absolute Gasteiger partial charge is 0.255 e. The number of rotatable bonds is 2. The summed E-state index contributed by atoms with van der Waals surface area (Å²) in [5, 5.41) is 3.36. The second-order valence-electron chi connectivity index (χ2n) is 4.62. The second kappa shape index (κ2) is 6.29. The van der Waals surface area contributed by atoms with Gasteiger partial charge in [0.1, 0.15) is 4.60 Å². The zero-order valence-corrected chi connectivity index (χ0v) is 12.1. The van der Waals surface area contributed by atoms with Gasteiger partial charge in [-0.25, -0.2) is 4.98 Å². The summed E-state index contributed by atoms with van der Waals surface area (Å²) in [5.74, 6) is 0.0573. The van der Waals surface area contributed by atoms with Crippen molar-refractivity contribution in [3.8, 4) is 0 Å². The van der Waals surface area contributed by atoms with Gasteiger partial charge < -0.3 is 10.2 Å². The Labute approximate surface area is 116 Å². The highest BCUT2D eigenvalue weighted by Gasteiger charge is 2.22. The Morgan fingerprint density at radius 2 is 2.28 bits per heavy atom. The number of amides is 1. The molecule has 0 radical (unpaired) electrons. The molecule has 18 heavy (non-hydrogen) atoms. The lowest BCUT2D eigenvalue weighted by atomic mass is 10.1. The predicted molar refractivity (Wildman–Crippen MR) is 74.5 cm³/mol. The lowest BCUT2D eigenvalue weighted by Crippen LogP contribution is -2.37. The van der Waals surface area contributed by atoms with E-state index in [1.807, 2.05) is 18.0 Å². The standard InChI is InChI=1S/C13H18BrN3O/c1-17(11-3-2-7-15-8-6-11)13(18)10-4-5-12(14)16-9-10/h4-5,9,11,15H,2-3,6-8H2,1H3. The van der Waals surface area contributed by atoms with Crippen LogP contribution in [-0.4, -0.2) is 42.0 Å². The minimum absolute atomic E-state index is 0.0573. The van der Waals surface area contributed by atoms with Crippen LogP contribution in [-0.2, 0) is 0 Å². The minimum Gasteiger partial charge on any atom is -0.339 e. The van der Waals surface area contributed by atoms with Crippen LogP contribution in [0.2, 0.25) is 0 Å². The van der Waals surface area contributed by atoms with Crippen molar-refractivity contribution in [2.45, 2.75) is 25.3 Å². The summed E-state index contributed by atoms with van der Waals surface area (Å²) < 4.78 is 0.750. The van der Waals surface area contributed by atoms with Crippen molar-refractivity contribution >= 4 is 21.8 Å². The van der Waals surface area contributed by atoms with Crippen LogP contribution < -0.4 is 5.32 Å². The van der Waals surface area contributed by atoms with E-state index < -0.39 is 0 Å². The fourth-order valence-corrected chi connectivity index (χ4v) is 2.49. The number of hydrogen-bond acceptors (Lipinski definition) is 3. The summed E-state index contributed by atoms with van der Waals surface area (Å²) in [6.07, 6.45) is 4.84. The number of carbonyl (C=O) groups is 1. The van der Waals surface area contributed by atoms with Crippen LogP contribution in [0, 0.1) is 0 Å². The van der Waals surface area contributed by atoms with E-state index in [0.717, 1.165) is 37.0 Å². The highest BCUT2D eigenvalue weighted by Crippen LogP contribution is 2.15. The van der Waals surface area contributed by atoms with Gasteiger partial charge in [0.2, 0.25) is 0 Å². The van der Waals surface area contributed by atoms with Gasteiger partial charge in [0.25, 0.3) is 5.91 Å². The molecule has 1 amide bonds. The molecule has 0 bridgehead atoms. The van der Waals surface area contributed by atoms with E-state index in [0.29, 0.717) is 11.6 Å². The molecule has 1 unspecified atom stereocenters. The maximum Gasteiger partial charge on any atom is 0.255 e. The molecule has 2 heterocycles. The number of halogens is 1. The number of hydrogen-bond donors (Lipinski definition) is 1. The first-order valence-electron chi connectivity index (χ1n) is 6.28. The topological polar surface area (TPSA) is 45.2 Å². The van der Waals surface area contributed by atoms with E-state index in [2.05, 4.69) is 26.2 Å². The van der Waals surface area contributed by atoms with Gasteiger partial charge in [0, 0.05) is 19.3 Å². The summed E-state index contributed by atoms with van der Waals surface area (Å²) >= 11 is 3.27. The Morgan fingerprint density at radius 1 is 1.44 bits per heavy atom. The molecule has 1 fully saturated rings. The molecule has 4 nitrogen and oxygen atoms in total. The van der Waals surface area contributed by atoms with Crippen molar-refractivity contribution in [2.75, 3.05) is 20.1 Å². The molecule has 1 aromatic heterocycles. The van der Waals surface area contributed by atoms with E-state index in [-0.39, 0.29) is 5.91 Å². The van der Waals surface area contributed by atoms with Crippen LogP contribution in [0.5, 0.6) is 0 Å². The van der Waals surface area contributed by atoms with Gasteiger partial charge in [-0.2, -0.15) is 0 Å². The molecule has 1 N–H and O–H groups in total. The molecule has 0 spiro atoms. The van der Waals surface area contributed by atoms with Crippen LogP contribution in [0.3, 0.4) is 0 Å². The Morgan fingerprint density at radius 3 is 3.00 bits per heavy atom. The highest BCUT2D eigenvalue weighted by atomic mass is 79.9. The maximum atomic E-state index is 12.3. The van der Waals surface area contributed by atoms with E-state index >= 15 is 0 Å². The monoisotopic (exact) mass is 311 g/mol. The summed E-state index contributed by atoms with van der Waals surface area (Å²) in [6.45, 7) is 2.04. The number of carbonyl (C=O) groups excluding carboxylic acids is 1. The predicted octanol–water partition coefficient (Wildman–Crippen LogP) is 2.06. The summed E-state index contributed by atoms with van der Waals surface area (Å²) in [4.78, 5) is 18.3. The minimum atomic E-state index is 0.0573. The van der Waals surface area contributed by atoms with Crippen LogP contribution >= 0.6 is 15.9 Å². The van der Waals surface area contributed by atoms with Crippen LogP contribution in [0.25, 0.3) is 0 Å². The Balaban J connectivity index is 2.05. The SMILES string of the molecule is CN(C(=O)c1ccc(Br)nc1)C1CCCNCC1. The molecule has 98 valence electrons. The lowest BCUT2D eigenvalue weighted by molar-refractivity contribution is 0.0720. The van der Waals surface area contributed by atoms with Gasteiger partial charge in [0.05, 0.1) is 5.56 Å². The first-order valence-corrected chi connectivity index (χ1v) is 7.07. The van der Waals surface area contributed by atoms with Gasteiger partial charge in [-0.1, -0.05) is 0 Å². The van der Waals surface area contributed by atoms with Gasteiger partial charge >= 0.3 is 0 Å². The van der Waals surface area contributed by atoms with Crippen molar-refractivity contribution in [1.29, 1.82) is 0 Å². The van der Waals surface area contributed by atoms with Gasteiger partial charge in [-0.05, 0) is 60.4 Å². The molecule has 1 saturated heterocycles. The molecule has 1 atom stereocenters. The quantitative estimate of drug-likeness (QED) is 0.850. The fourth-order valence-electron chi connectivity index (χ4n) is 2.26. The van der Waals surface area contributed by atoms with E-state index in [9.17, 15) is 4.79 Å². The number of pyridine rings is 1. The van der Waals surface area contributed by atoms with Crippen molar-refractivity contribution < 1.29 is 4.79 Å². The third-order valence-electron chi connectivity index (χ3n) is 3.39. The Kier molecular flexibility index (Phi) is 4.72. The molecule has 0 aromatic carbocycles. The molecule has 1 aliphatic heterocycles. The zero-order valence-electron chi connectivity index (χ0n) is 10.5. The number of nitrogens with zero attached hydrogens (tertiary/aromatic N) is 2. The highest BCUT2D eigenvalue weighted by molar-refractivity contribution is 9.10. The van der Waals surface area contributed by atoms with Gasteiger partial charge in [0.15, 0.2) is 0 Å². The van der Waals surface area contributed by atoms with Crippen molar-refractivity contribution in [1.82, 2.24) is 15.2 Å². The van der Waals surface area contributed by atoms with Crippen molar-refractivity contribution in [3.05, 3.63) is 28.5 Å². The third kappa shape index (κ3) is 3.29. The number of aromatic nitrogens is 1. The zero-order chi connectivity index (χ0) is 13.0. The number of nitrogens with one attached hydrogen (secondary N) is 1. The largest absolute Gasteiger partial charge is 0.339 e. The summed E-state index contributed by atoms with van der Waals surface area (Å²) in [7, 11) is 1.89. The average molecular weight is 312 g/mol. The Hall–Kier alpha value is -0.940. The van der Waals surface area contributed by atoms with Crippen LogP contribution in [0.1, 0.15) is 29.6 Å². The van der Waals surface area contributed by atoms with E-state index in [4.69, 9.17) is 0 Å². The van der Waals surface area contributed by atoms with Crippen LogP contribution in [0.15, 0.2) is 22.9 Å². The average Bonchev–Trinajstić information content (AvgIpc) is 2.67.